The van der Waals surface area contributed by atoms with Crippen molar-refractivity contribution in [3.63, 3.8) is 0 Å². The van der Waals surface area contributed by atoms with Crippen LogP contribution in [0, 0.1) is 6.92 Å². The van der Waals surface area contributed by atoms with Crippen LogP contribution in [-0.4, -0.2) is 42.6 Å². The highest BCUT2D eigenvalue weighted by Gasteiger charge is 2.08. The van der Waals surface area contributed by atoms with Gasteiger partial charge in [0.25, 0.3) is 0 Å². The van der Waals surface area contributed by atoms with Crippen molar-refractivity contribution < 1.29 is 0 Å². The fraction of sp³-hybridized carbons (Fsp3) is 0.583. The number of aryl methyl sites for hydroxylation is 1. The molecule has 3 heteroatoms. The van der Waals surface area contributed by atoms with E-state index in [0.29, 0.717) is 0 Å². The van der Waals surface area contributed by atoms with Crippen molar-refractivity contribution in [2.24, 2.45) is 0 Å². The molecule has 0 bridgehead atoms. The van der Waals surface area contributed by atoms with Crippen LogP contribution in [0.5, 0.6) is 0 Å². The molecule has 2 rings (SSSR count). The smallest absolute Gasteiger partial charge is 0.0300 e. The lowest BCUT2D eigenvalue weighted by molar-refractivity contribution is 0.244. The van der Waals surface area contributed by atoms with Crippen LogP contribution < -0.4 is 5.32 Å². The van der Waals surface area contributed by atoms with Gasteiger partial charge in [0.2, 0.25) is 0 Å². The maximum atomic E-state index is 4.22. The van der Waals surface area contributed by atoms with E-state index in [1.54, 1.807) is 0 Å². The molecular weight excluding hydrogens is 186 g/mol. The van der Waals surface area contributed by atoms with Gasteiger partial charge in [0, 0.05) is 45.1 Å². The molecule has 2 heterocycles. The summed E-state index contributed by atoms with van der Waals surface area (Å²) >= 11 is 0. The minimum absolute atomic E-state index is 1.12. The molecule has 1 N–H and O–H groups in total. The molecule has 3 nitrogen and oxygen atoms in total. The van der Waals surface area contributed by atoms with E-state index in [-0.39, 0.29) is 0 Å². The Bertz CT molecular complexity index is 305. The summed E-state index contributed by atoms with van der Waals surface area (Å²) in [5.74, 6) is 0. The van der Waals surface area contributed by atoms with Crippen molar-refractivity contribution >= 4 is 0 Å². The van der Waals surface area contributed by atoms with Crippen molar-refractivity contribution in [3.05, 3.63) is 29.6 Å². The third-order valence-electron chi connectivity index (χ3n) is 2.86. The van der Waals surface area contributed by atoms with Gasteiger partial charge in [0.05, 0.1) is 0 Å². The Morgan fingerprint density at radius 1 is 1.33 bits per heavy atom. The number of nitrogens with one attached hydrogen (secondary N) is 1. The van der Waals surface area contributed by atoms with Crippen LogP contribution >= 0.6 is 0 Å². The molecule has 0 amide bonds. The van der Waals surface area contributed by atoms with E-state index in [9.17, 15) is 0 Å². The number of pyridine rings is 1. The molecule has 0 atom stereocenters. The fourth-order valence-electron chi connectivity index (χ4n) is 1.98. The number of rotatable bonds is 3. The molecule has 1 saturated heterocycles. The number of hydrogen-bond acceptors (Lipinski definition) is 3. The van der Waals surface area contributed by atoms with Crippen LogP contribution in [0.3, 0.4) is 0 Å². The van der Waals surface area contributed by atoms with E-state index < -0.39 is 0 Å². The van der Waals surface area contributed by atoms with Gasteiger partial charge < -0.3 is 10.2 Å². The summed E-state index contributed by atoms with van der Waals surface area (Å²) in [5.41, 5.74) is 2.61. The topological polar surface area (TPSA) is 28.2 Å². The largest absolute Gasteiger partial charge is 0.314 e. The third kappa shape index (κ3) is 3.29. The summed E-state index contributed by atoms with van der Waals surface area (Å²) < 4.78 is 0. The van der Waals surface area contributed by atoms with Crippen molar-refractivity contribution in [1.29, 1.82) is 0 Å². The zero-order chi connectivity index (χ0) is 10.5. The molecule has 0 unspecified atom stereocenters. The first kappa shape index (κ1) is 10.6. The predicted molar refractivity (Wildman–Crippen MR) is 62.0 cm³/mol. The van der Waals surface area contributed by atoms with E-state index in [2.05, 4.69) is 28.2 Å². The second-order valence-corrected chi connectivity index (χ2v) is 4.21. The molecule has 0 aromatic carbocycles. The Balaban J connectivity index is 1.81. The van der Waals surface area contributed by atoms with Gasteiger partial charge >= 0.3 is 0 Å². The Hall–Kier alpha value is -0.930. The van der Waals surface area contributed by atoms with Gasteiger partial charge in [-0.05, 0) is 24.5 Å². The number of piperazine rings is 1. The first-order valence-electron chi connectivity index (χ1n) is 5.68. The van der Waals surface area contributed by atoms with Crippen molar-refractivity contribution in [2.45, 2.75) is 13.3 Å². The first-order chi connectivity index (χ1) is 7.34. The average molecular weight is 205 g/mol. The SMILES string of the molecule is Cc1cncc(CCN2CCNCC2)c1. The average Bonchev–Trinajstić information content (AvgIpc) is 2.28. The summed E-state index contributed by atoms with van der Waals surface area (Å²) in [7, 11) is 0. The Labute approximate surface area is 91.5 Å². The summed E-state index contributed by atoms with van der Waals surface area (Å²) in [5, 5.41) is 3.37. The minimum atomic E-state index is 1.12. The molecule has 1 aromatic heterocycles. The lowest BCUT2D eigenvalue weighted by atomic mass is 10.1. The van der Waals surface area contributed by atoms with Crippen LogP contribution in [-0.2, 0) is 6.42 Å². The zero-order valence-electron chi connectivity index (χ0n) is 9.37. The Morgan fingerprint density at radius 2 is 2.13 bits per heavy atom. The number of aromatic nitrogens is 1. The number of nitrogens with zero attached hydrogens (tertiary/aromatic N) is 2. The van der Waals surface area contributed by atoms with Crippen LogP contribution in [0.25, 0.3) is 0 Å². The number of hydrogen-bond donors (Lipinski definition) is 1. The monoisotopic (exact) mass is 205 g/mol. The van der Waals surface area contributed by atoms with Gasteiger partial charge in [0.1, 0.15) is 0 Å². The van der Waals surface area contributed by atoms with Crippen LogP contribution in [0.1, 0.15) is 11.1 Å². The maximum absolute atomic E-state index is 4.22. The first-order valence-corrected chi connectivity index (χ1v) is 5.68. The van der Waals surface area contributed by atoms with Crippen LogP contribution in [0.2, 0.25) is 0 Å². The second kappa shape index (κ2) is 5.24. The Kier molecular flexibility index (Phi) is 3.69. The van der Waals surface area contributed by atoms with Crippen molar-refractivity contribution in [2.75, 3.05) is 32.7 Å². The van der Waals surface area contributed by atoms with E-state index in [4.69, 9.17) is 0 Å². The van der Waals surface area contributed by atoms with Gasteiger partial charge in [-0.2, -0.15) is 0 Å². The van der Waals surface area contributed by atoms with Gasteiger partial charge in [0.15, 0.2) is 0 Å². The summed E-state index contributed by atoms with van der Waals surface area (Å²) in [4.78, 5) is 6.73. The lowest BCUT2D eigenvalue weighted by Crippen LogP contribution is -2.44. The fourth-order valence-corrected chi connectivity index (χ4v) is 1.98. The van der Waals surface area contributed by atoms with E-state index in [1.807, 2.05) is 12.4 Å². The lowest BCUT2D eigenvalue weighted by Gasteiger charge is -2.27. The standard InChI is InChI=1S/C12H19N3/c1-11-8-12(10-14-9-11)2-5-15-6-3-13-4-7-15/h8-10,13H,2-7H2,1H3. The highest BCUT2D eigenvalue weighted by molar-refractivity contribution is 5.16. The molecule has 0 spiro atoms. The normalized spacial score (nSPS) is 17.9. The van der Waals surface area contributed by atoms with Crippen molar-refractivity contribution in [3.8, 4) is 0 Å². The summed E-state index contributed by atoms with van der Waals surface area (Å²) in [6, 6.07) is 2.23. The van der Waals surface area contributed by atoms with Gasteiger partial charge in [-0.25, -0.2) is 0 Å². The molecule has 1 fully saturated rings. The highest BCUT2D eigenvalue weighted by Crippen LogP contribution is 2.03. The minimum Gasteiger partial charge on any atom is -0.314 e. The van der Waals surface area contributed by atoms with Gasteiger partial charge in [-0.1, -0.05) is 6.07 Å². The van der Waals surface area contributed by atoms with E-state index >= 15 is 0 Å². The predicted octanol–water partition coefficient (Wildman–Crippen LogP) is 0.838. The van der Waals surface area contributed by atoms with Crippen LogP contribution in [0.15, 0.2) is 18.5 Å². The van der Waals surface area contributed by atoms with Gasteiger partial charge in [-0.3, -0.25) is 4.98 Å². The maximum Gasteiger partial charge on any atom is 0.0300 e. The van der Waals surface area contributed by atoms with Crippen LogP contribution in [0.4, 0.5) is 0 Å². The van der Waals surface area contributed by atoms with Gasteiger partial charge in [-0.15, -0.1) is 0 Å². The third-order valence-corrected chi connectivity index (χ3v) is 2.86. The quantitative estimate of drug-likeness (QED) is 0.792. The molecule has 82 valence electrons. The molecule has 0 aliphatic carbocycles. The van der Waals surface area contributed by atoms with E-state index in [1.165, 1.54) is 24.2 Å². The molecule has 0 radical (unpaired) electrons. The molecule has 15 heavy (non-hydrogen) atoms. The highest BCUT2D eigenvalue weighted by atomic mass is 15.2. The Morgan fingerprint density at radius 3 is 2.87 bits per heavy atom. The molecule has 0 saturated carbocycles. The van der Waals surface area contributed by atoms with E-state index in [0.717, 1.165) is 26.1 Å². The summed E-state index contributed by atoms with van der Waals surface area (Å²) in [6.45, 7) is 7.88. The van der Waals surface area contributed by atoms with Crippen molar-refractivity contribution in [1.82, 2.24) is 15.2 Å². The molecule has 1 aromatic rings. The molecular formula is C12H19N3. The molecule has 1 aliphatic rings. The zero-order valence-corrected chi connectivity index (χ0v) is 9.37. The second-order valence-electron chi connectivity index (χ2n) is 4.21. The summed E-state index contributed by atoms with van der Waals surface area (Å²) in [6.07, 6.45) is 5.01. The molecule has 1 aliphatic heterocycles.